The van der Waals surface area contributed by atoms with Crippen LogP contribution in [0, 0.1) is 0 Å². The molecule has 25 heavy (non-hydrogen) atoms. The lowest BCUT2D eigenvalue weighted by Crippen LogP contribution is -2.39. The first kappa shape index (κ1) is 22.5. The van der Waals surface area contributed by atoms with E-state index in [9.17, 15) is 0 Å². The molecule has 0 aromatic heterocycles. The second kappa shape index (κ2) is 12.7. The quantitative estimate of drug-likeness (QED) is 0.280. The van der Waals surface area contributed by atoms with Gasteiger partial charge in [-0.3, -0.25) is 4.99 Å². The molecule has 0 atom stereocenters. The Hall–Kier alpha value is -0.570. The highest BCUT2D eigenvalue weighted by molar-refractivity contribution is 14.0. The van der Waals surface area contributed by atoms with E-state index in [0.29, 0.717) is 6.10 Å². The zero-order chi connectivity index (χ0) is 17.2. The zero-order valence-electron chi connectivity index (χ0n) is 15.0. The summed E-state index contributed by atoms with van der Waals surface area (Å²) in [6.45, 7) is 4.02. The molecule has 142 valence electrons. The van der Waals surface area contributed by atoms with Crippen molar-refractivity contribution in [1.29, 1.82) is 0 Å². The molecule has 0 bridgehead atoms. The number of nitrogens with one attached hydrogen (secondary N) is 1. The molecule has 0 spiro atoms. The lowest BCUT2D eigenvalue weighted by Gasteiger charge is -2.24. The van der Waals surface area contributed by atoms with Gasteiger partial charge in [0, 0.05) is 52.0 Å². The highest BCUT2D eigenvalue weighted by atomic mass is 127. The summed E-state index contributed by atoms with van der Waals surface area (Å²) in [6, 6.07) is 7.90. The van der Waals surface area contributed by atoms with Crippen LogP contribution in [0.4, 0.5) is 0 Å². The molecule has 0 radical (unpaired) electrons. The molecule has 1 aromatic rings. The van der Waals surface area contributed by atoms with Crippen LogP contribution in [0.5, 0.6) is 0 Å². The van der Waals surface area contributed by atoms with Gasteiger partial charge < -0.3 is 19.7 Å². The van der Waals surface area contributed by atoms with Crippen molar-refractivity contribution >= 4 is 41.5 Å². The van der Waals surface area contributed by atoms with Crippen LogP contribution in [0.2, 0.25) is 5.02 Å². The molecule has 1 aliphatic rings. The van der Waals surface area contributed by atoms with Crippen LogP contribution >= 0.6 is 35.6 Å². The fourth-order valence-electron chi connectivity index (χ4n) is 2.73. The van der Waals surface area contributed by atoms with Crippen molar-refractivity contribution in [1.82, 2.24) is 10.2 Å². The van der Waals surface area contributed by atoms with Crippen LogP contribution in [0.3, 0.4) is 0 Å². The summed E-state index contributed by atoms with van der Waals surface area (Å²) in [5, 5.41) is 4.14. The second-order valence-electron chi connectivity index (χ2n) is 6.00. The molecule has 7 heteroatoms. The summed E-state index contributed by atoms with van der Waals surface area (Å²) in [6.07, 6.45) is 3.35. The average Bonchev–Trinajstić information content (AvgIpc) is 2.59. The Morgan fingerprint density at radius 2 is 2.16 bits per heavy atom. The first-order valence-electron chi connectivity index (χ1n) is 8.54. The van der Waals surface area contributed by atoms with Crippen molar-refractivity contribution in [3.8, 4) is 0 Å². The van der Waals surface area contributed by atoms with Gasteiger partial charge in [0.1, 0.15) is 0 Å². The van der Waals surface area contributed by atoms with Crippen LogP contribution in [0.15, 0.2) is 29.3 Å². The van der Waals surface area contributed by atoms with E-state index in [1.807, 2.05) is 25.2 Å². The fourth-order valence-corrected chi connectivity index (χ4v) is 2.95. The number of benzene rings is 1. The number of guanidine groups is 1. The summed E-state index contributed by atoms with van der Waals surface area (Å²) in [5.41, 5.74) is 1.16. The fraction of sp³-hybridized carbons (Fsp3) is 0.611. The van der Waals surface area contributed by atoms with Gasteiger partial charge in [0.15, 0.2) is 5.96 Å². The second-order valence-corrected chi connectivity index (χ2v) is 6.43. The normalized spacial score (nSPS) is 15.6. The minimum absolute atomic E-state index is 0. The lowest BCUT2D eigenvalue weighted by atomic mass is 10.1. The summed E-state index contributed by atoms with van der Waals surface area (Å²) < 4.78 is 11.2. The first-order chi connectivity index (χ1) is 11.7. The van der Waals surface area contributed by atoms with E-state index in [1.54, 1.807) is 7.05 Å². The van der Waals surface area contributed by atoms with Crippen molar-refractivity contribution in [3.63, 3.8) is 0 Å². The Morgan fingerprint density at radius 1 is 1.40 bits per heavy atom. The van der Waals surface area contributed by atoms with Gasteiger partial charge in [0.25, 0.3) is 0 Å². The van der Waals surface area contributed by atoms with Gasteiger partial charge in [-0.25, -0.2) is 0 Å². The molecule has 1 aliphatic heterocycles. The summed E-state index contributed by atoms with van der Waals surface area (Å²) in [7, 11) is 3.82. The molecule has 0 saturated carbocycles. The average molecular weight is 482 g/mol. The molecule has 1 aromatic carbocycles. The van der Waals surface area contributed by atoms with Crippen molar-refractivity contribution in [2.75, 3.05) is 40.5 Å². The largest absolute Gasteiger partial charge is 0.381 e. The van der Waals surface area contributed by atoms with Crippen LogP contribution < -0.4 is 5.32 Å². The molecule has 0 aliphatic carbocycles. The van der Waals surface area contributed by atoms with E-state index in [1.165, 1.54) is 0 Å². The maximum Gasteiger partial charge on any atom is 0.193 e. The molecule has 1 N–H and O–H groups in total. The van der Waals surface area contributed by atoms with E-state index in [-0.39, 0.29) is 24.0 Å². The third kappa shape index (κ3) is 8.57. The number of ether oxygens (including phenoxy) is 2. The van der Waals surface area contributed by atoms with E-state index in [2.05, 4.69) is 21.3 Å². The number of aliphatic imine (C=N–C) groups is 1. The lowest BCUT2D eigenvalue weighted by molar-refractivity contribution is -0.0320. The Labute approximate surface area is 173 Å². The SMILES string of the molecule is CN=C(NCCCOC1CCOCC1)N(C)Cc1cccc(Cl)c1.I. The van der Waals surface area contributed by atoms with E-state index in [4.69, 9.17) is 21.1 Å². The van der Waals surface area contributed by atoms with Gasteiger partial charge in [0.05, 0.1) is 6.10 Å². The van der Waals surface area contributed by atoms with Crippen LogP contribution in [0.25, 0.3) is 0 Å². The Kier molecular flexibility index (Phi) is 11.4. The van der Waals surface area contributed by atoms with Crippen molar-refractivity contribution in [2.24, 2.45) is 4.99 Å². The zero-order valence-corrected chi connectivity index (χ0v) is 18.1. The topological polar surface area (TPSA) is 46.1 Å². The summed E-state index contributed by atoms with van der Waals surface area (Å²) in [4.78, 5) is 6.42. The first-order valence-corrected chi connectivity index (χ1v) is 8.92. The molecular weight excluding hydrogens is 453 g/mol. The molecule has 1 heterocycles. The van der Waals surface area contributed by atoms with Gasteiger partial charge >= 0.3 is 0 Å². The highest BCUT2D eigenvalue weighted by Crippen LogP contribution is 2.12. The third-order valence-electron chi connectivity index (χ3n) is 4.01. The Balaban J connectivity index is 0.00000312. The van der Waals surface area contributed by atoms with E-state index >= 15 is 0 Å². The van der Waals surface area contributed by atoms with E-state index < -0.39 is 0 Å². The number of hydrogen-bond donors (Lipinski definition) is 1. The Bertz CT molecular complexity index is 525. The minimum Gasteiger partial charge on any atom is -0.381 e. The summed E-state index contributed by atoms with van der Waals surface area (Å²) in [5.74, 6) is 0.876. The summed E-state index contributed by atoms with van der Waals surface area (Å²) >= 11 is 6.04. The smallest absolute Gasteiger partial charge is 0.193 e. The number of halogens is 2. The standard InChI is InChI=1S/C18H28ClN3O2.HI/c1-20-18(22(2)14-15-5-3-6-16(19)13-15)21-9-4-10-24-17-7-11-23-12-8-17;/h3,5-6,13,17H,4,7-12,14H2,1-2H3,(H,20,21);1H. The van der Waals surface area contributed by atoms with E-state index in [0.717, 1.165) is 68.7 Å². The molecule has 1 saturated heterocycles. The maximum atomic E-state index is 6.04. The van der Waals surface area contributed by atoms with Gasteiger partial charge in [-0.15, -0.1) is 24.0 Å². The van der Waals surface area contributed by atoms with Crippen LogP contribution in [-0.2, 0) is 16.0 Å². The van der Waals surface area contributed by atoms with Crippen molar-refractivity contribution in [2.45, 2.75) is 31.9 Å². The monoisotopic (exact) mass is 481 g/mol. The molecule has 0 unspecified atom stereocenters. The third-order valence-corrected chi connectivity index (χ3v) is 4.24. The minimum atomic E-state index is 0. The number of hydrogen-bond acceptors (Lipinski definition) is 3. The number of rotatable bonds is 7. The molecule has 1 fully saturated rings. The predicted molar refractivity (Wildman–Crippen MR) is 114 cm³/mol. The van der Waals surface area contributed by atoms with Crippen LogP contribution in [0.1, 0.15) is 24.8 Å². The predicted octanol–water partition coefficient (Wildman–Crippen LogP) is 3.55. The van der Waals surface area contributed by atoms with Crippen molar-refractivity contribution in [3.05, 3.63) is 34.9 Å². The van der Waals surface area contributed by atoms with Gasteiger partial charge in [-0.1, -0.05) is 23.7 Å². The molecular formula is C18H29ClIN3O2. The molecule has 0 amide bonds. The Morgan fingerprint density at radius 3 is 2.84 bits per heavy atom. The van der Waals surface area contributed by atoms with Gasteiger partial charge in [-0.05, 0) is 37.0 Å². The van der Waals surface area contributed by atoms with Crippen molar-refractivity contribution < 1.29 is 9.47 Å². The molecule has 5 nitrogen and oxygen atoms in total. The van der Waals surface area contributed by atoms with Gasteiger partial charge in [-0.2, -0.15) is 0 Å². The van der Waals surface area contributed by atoms with Crippen LogP contribution in [-0.4, -0.2) is 57.4 Å². The highest BCUT2D eigenvalue weighted by Gasteiger charge is 2.13. The maximum absolute atomic E-state index is 6.04. The molecule has 2 rings (SSSR count). The van der Waals surface area contributed by atoms with Gasteiger partial charge in [0.2, 0.25) is 0 Å². The number of nitrogens with zero attached hydrogens (tertiary/aromatic N) is 2.